The quantitative estimate of drug-likeness (QED) is 0.482. The number of furan rings is 1. The molecule has 1 aliphatic carbocycles. The molecule has 8 heteroatoms. The number of ether oxygens (including phenoxy) is 1. The third-order valence-corrected chi connectivity index (χ3v) is 5.97. The van der Waals surface area contributed by atoms with Crippen LogP contribution in [0.3, 0.4) is 0 Å². The first kappa shape index (κ1) is 22.1. The van der Waals surface area contributed by atoms with E-state index in [1.54, 1.807) is 12.3 Å². The number of halogens is 1. The number of hydrogen-bond acceptors (Lipinski definition) is 5. The third kappa shape index (κ3) is 5.19. The van der Waals surface area contributed by atoms with Crippen LogP contribution in [0.1, 0.15) is 28.7 Å². The SMILES string of the molecule is Cc1cc(Br)ccc1NC(=O)CNC(=O)COC(=O)Cc1coc2cc3c(cc12)CCC3. The first-order chi connectivity index (χ1) is 15.4. The predicted octanol–water partition coefficient (Wildman–Crippen LogP) is 3.83. The number of anilines is 1. The summed E-state index contributed by atoms with van der Waals surface area (Å²) >= 11 is 3.37. The lowest BCUT2D eigenvalue weighted by atomic mass is 10.0. The van der Waals surface area contributed by atoms with Gasteiger partial charge < -0.3 is 19.8 Å². The summed E-state index contributed by atoms with van der Waals surface area (Å²) in [6.07, 6.45) is 4.81. The molecule has 0 spiro atoms. The van der Waals surface area contributed by atoms with E-state index in [0.717, 1.165) is 45.8 Å². The fraction of sp³-hybridized carbons (Fsp3) is 0.292. The number of esters is 1. The molecule has 3 aromatic rings. The first-order valence-electron chi connectivity index (χ1n) is 10.4. The normalized spacial score (nSPS) is 12.4. The molecule has 2 amide bonds. The van der Waals surface area contributed by atoms with Gasteiger partial charge in [-0.3, -0.25) is 14.4 Å². The van der Waals surface area contributed by atoms with E-state index in [1.807, 2.05) is 25.1 Å². The van der Waals surface area contributed by atoms with E-state index in [4.69, 9.17) is 9.15 Å². The molecule has 0 saturated carbocycles. The summed E-state index contributed by atoms with van der Waals surface area (Å²) in [6.45, 7) is 1.20. The van der Waals surface area contributed by atoms with E-state index >= 15 is 0 Å². The lowest BCUT2D eigenvalue weighted by Gasteiger charge is -2.10. The minimum Gasteiger partial charge on any atom is -0.464 e. The second-order valence-corrected chi connectivity index (χ2v) is 8.77. The molecule has 4 rings (SSSR count). The summed E-state index contributed by atoms with van der Waals surface area (Å²) < 4.78 is 11.6. The Morgan fingerprint density at radius 3 is 2.66 bits per heavy atom. The van der Waals surface area contributed by atoms with Crippen molar-refractivity contribution in [2.45, 2.75) is 32.6 Å². The van der Waals surface area contributed by atoms with E-state index < -0.39 is 18.5 Å². The number of carbonyl (C=O) groups is 3. The molecule has 2 aromatic carbocycles. The topological polar surface area (TPSA) is 97.6 Å². The van der Waals surface area contributed by atoms with Crippen molar-refractivity contribution in [3.8, 4) is 0 Å². The Bertz CT molecular complexity index is 1200. The van der Waals surface area contributed by atoms with Crippen molar-refractivity contribution < 1.29 is 23.5 Å². The molecule has 0 aliphatic heterocycles. The van der Waals surface area contributed by atoms with Crippen LogP contribution in [0.2, 0.25) is 0 Å². The number of nitrogens with one attached hydrogen (secondary N) is 2. The molecule has 7 nitrogen and oxygen atoms in total. The highest BCUT2D eigenvalue weighted by atomic mass is 79.9. The van der Waals surface area contributed by atoms with E-state index in [0.29, 0.717) is 5.69 Å². The molecule has 0 fully saturated rings. The highest BCUT2D eigenvalue weighted by Gasteiger charge is 2.18. The zero-order valence-corrected chi connectivity index (χ0v) is 19.2. The van der Waals surface area contributed by atoms with Crippen LogP contribution in [0, 0.1) is 6.92 Å². The van der Waals surface area contributed by atoms with Crippen LogP contribution in [0.5, 0.6) is 0 Å². The number of benzene rings is 2. The molecule has 166 valence electrons. The summed E-state index contributed by atoms with van der Waals surface area (Å²) in [6, 6.07) is 9.60. The van der Waals surface area contributed by atoms with Gasteiger partial charge in [0.15, 0.2) is 6.61 Å². The summed E-state index contributed by atoms with van der Waals surface area (Å²) in [5.41, 5.74) is 5.66. The Morgan fingerprint density at radius 1 is 1.09 bits per heavy atom. The average Bonchev–Trinajstić information content (AvgIpc) is 3.37. The van der Waals surface area contributed by atoms with Gasteiger partial charge in [0.25, 0.3) is 5.91 Å². The van der Waals surface area contributed by atoms with Gasteiger partial charge in [-0.05, 0) is 73.2 Å². The Morgan fingerprint density at radius 2 is 1.88 bits per heavy atom. The van der Waals surface area contributed by atoms with Crippen molar-refractivity contribution in [3.63, 3.8) is 0 Å². The molecule has 0 atom stereocenters. The minimum absolute atomic E-state index is 0.0163. The highest BCUT2D eigenvalue weighted by molar-refractivity contribution is 9.10. The van der Waals surface area contributed by atoms with Crippen LogP contribution in [0.15, 0.2) is 45.5 Å². The van der Waals surface area contributed by atoms with Gasteiger partial charge in [-0.15, -0.1) is 0 Å². The van der Waals surface area contributed by atoms with Gasteiger partial charge >= 0.3 is 5.97 Å². The van der Waals surface area contributed by atoms with E-state index in [1.165, 1.54) is 11.1 Å². The number of carbonyl (C=O) groups excluding carboxylic acids is 3. The van der Waals surface area contributed by atoms with Gasteiger partial charge in [-0.25, -0.2) is 0 Å². The van der Waals surface area contributed by atoms with Crippen molar-refractivity contribution >= 4 is 50.4 Å². The lowest BCUT2D eigenvalue weighted by Crippen LogP contribution is -2.35. The molecule has 1 aromatic heterocycles. The van der Waals surface area contributed by atoms with E-state index in [2.05, 4.69) is 32.6 Å². The Balaban J connectivity index is 1.23. The number of rotatable bonds is 7. The molecule has 0 bridgehead atoms. The van der Waals surface area contributed by atoms with Crippen LogP contribution in [-0.2, 0) is 38.4 Å². The van der Waals surface area contributed by atoms with E-state index in [9.17, 15) is 14.4 Å². The molecule has 2 N–H and O–H groups in total. The Hall–Kier alpha value is -3.13. The largest absolute Gasteiger partial charge is 0.464 e. The van der Waals surface area contributed by atoms with Gasteiger partial charge in [0.05, 0.1) is 19.2 Å². The lowest BCUT2D eigenvalue weighted by molar-refractivity contribution is -0.147. The Labute approximate surface area is 193 Å². The number of aryl methyl sites for hydroxylation is 3. The van der Waals surface area contributed by atoms with Crippen molar-refractivity contribution in [2.24, 2.45) is 0 Å². The molecule has 1 heterocycles. The Kier molecular flexibility index (Phi) is 6.60. The summed E-state index contributed by atoms with van der Waals surface area (Å²) in [7, 11) is 0. The fourth-order valence-electron chi connectivity index (χ4n) is 3.83. The maximum atomic E-state index is 12.2. The maximum Gasteiger partial charge on any atom is 0.310 e. The van der Waals surface area contributed by atoms with Crippen molar-refractivity contribution in [2.75, 3.05) is 18.5 Å². The summed E-state index contributed by atoms with van der Waals surface area (Å²) in [4.78, 5) is 36.2. The third-order valence-electron chi connectivity index (χ3n) is 5.48. The van der Waals surface area contributed by atoms with Crippen LogP contribution < -0.4 is 10.6 Å². The van der Waals surface area contributed by atoms with Gasteiger partial charge in [-0.1, -0.05) is 15.9 Å². The number of hydrogen-bond donors (Lipinski definition) is 2. The van der Waals surface area contributed by atoms with Crippen molar-refractivity contribution in [3.05, 3.63) is 63.3 Å². The minimum atomic E-state index is -0.545. The molecule has 32 heavy (non-hydrogen) atoms. The highest BCUT2D eigenvalue weighted by Crippen LogP contribution is 2.30. The number of amides is 2. The first-order valence-corrected chi connectivity index (χ1v) is 11.2. The van der Waals surface area contributed by atoms with Crippen molar-refractivity contribution in [1.82, 2.24) is 5.32 Å². The maximum absolute atomic E-state index is 12.2. The molecule has 0 unspecified atom stereocenters. The smallest absolute Gasteiger partial charge is 0.310 e. The van der Waals surface area contributed by atoms with Crippen molar-refractivity contribution in [1.29, 1.82) is 0 Å². The average molecular weight is 499 g/mol. The van der Waals surface area contributed by atoms with E-state index in [-0.39, 0.29) is 18.9 Å². The zero-order chi connectivity index (χ0) is 22.7. The zero-order valence-electron chi connectivity index (χ0n) is 17.6. The van der Waals surface area contributed by atoms with Gasteiger partial charge in [0, 0.05) is 21.1 Å². The van der Waals surface area contributed by atoms with Crippen LogP contribution in [0.25, 0.3) is 11.0 Å². The van der Waals surface area contributed by atoms with Crippen LogP contribution in [0.4, 0.5) is 5.69 Å². The predicted molar refractivity (Wildman–Crippen MR) is 123 cm³/mol. The van der Waals surface area contributed by atoms with Gasteiger partial charge in [0.1, 0.15) is 5.58 Å². The molecular weight excluding hydrogens is 476 g/mol. The second-order valence-electron chi connectivity index (χ2n) is 7.85. The van der Waals surface area contributed by atoms with Gasteiger partial charge in [-0.2, -0.15) is 0 Å². The summed E-state index contributed by atoms with van der Waals surface area (Å²) in [5.74, 6) is -1.44. The number of fused-ring (bicyclic) bond motifs is 2. The fourth-order valence-corrected chi connectivity index (χ4v) is 4.30. The standard InChI is InChI=1S/C24H23BrN2O5/c1-14-7-18(25)5-6-20(14)27-22(28)11-26-23(29)13-32-24(30)10-17-12-31-21-9-16-4-2-3-15(16)8-19(17)21/h5-9,12H,2-4,10-11,13H2,1H3,(H,26,29)(H,27,28). The van der Waals surface area contributed by atoms with Gasteiger partial charge in [0.2, 0.25) is 5.91 Å². The molecule has 0 saturated heterocycles. The van der Waals surface area contributed by atoms with Crippen LogP contribution >= 0.6 is 15.9 Å². The second kappa shape index (κ2) is 9.56. The molecule has 0 radical (unpaired) electrons. The molecule has 1 aliphatic rings. The monoisotopic (exact) mass is 498 g/mol. The summed E-state index contributed by atoms with van der Waals surface area (Å²) in [5, 5.41) is 6.09. The molecular formula is C24H23BrN2O5. The van der Waals surface area contributed by atoms with Crippen LogP contribution in [-0.4, -0.2) is 30.9 Å².